The Balaban J connectivity index is 1.45. The molecule has 4 aromatic rings. The van der Waals surface area contributed by atoms with Crippen molar-refractivity contribution in [2.45, 2.75) is 76.0 Å². The van der Waals surface area contributed by atoms with Crippen LogP contribution < -0.4 is 15.4 Å². The predicted octanol–water partition coefficient (Wildman–Crippen LogP) is 7.75. The summed E-state index contributed by atoms with van der Waals surface area (Å²) in [6.45, 7) is 1.31. The zero-order valence-electron chi connectivity index (χ0n) is 29.5. The lowest BCUT2D eigenvalue weighted by molar-refractivity contribution is -0.124. The first-order chi connectivity index (χ1) is 24.8. The van der Waals surface area contributed by atoms with Crippen LogP contribution in [-0.4, -0.2) is 65.4 Å². The van der Waals surface area contributed by atoms with Gasteiger partial charge in [0.05, 0.1) is 13.2 Å². The lowest BCUT2D eigenvalue weighted by Crippen LogP contribution is -2.30. The number of hydrogen-bond acceptors (Lipinski definition) is 11. The molecule has 0 radical (unpaired) electrons. The van der Waals surface area contributed by atoms with Crippen LogP contribution in [0.4, 0.5) is 0 Å². The van der Waals surface area contributed by atoms with Gasteiger partial charge in [-0.15, -0.1) is 0 Å². The van der Waals surface area contributed by atoms with Gasteiger partial charge in [-0.05, 0) is 115 Å². The number of hydrogen-bond donors (Lipinski definition) is 6. The molecule has 9 nitrogen and oxygen atoms in total. The summed E-state index contributed by atoms with van der Waals surface area (Å²) in [6, 6.07) is 18.4. The Morgan fingerprint density at radius 1 is 0.941 bits per heavy atom. The van der Waals surface area contributed by atoms with E-state index in [2.05, 4.69) is 10.6 Å². The van der Waals surface area contributed by atoms with Gasteiger partial charge < -0.3 is 35.2 Å². The molecule has 1 aliphatic rings. The third kappa shape index (κ3) is 10.6. The normalized spacial score (nSPS) is 16.8. The van der Waals surface area contributed by atoms with Crippen LogP contribution in [-0.2, 0) is 28.2 Å². The Morgan fingerprint density at radius 3 is 2.59 bits per heavy atom. The molecule has 0 spiro atoms. The number of carbonyl (C=O) groups excluding carboxylic acids is 1. The van der Waals surface area contributed by atoms with E-state index >= 15 is 0 Å². The van der Waals surface area contributed by atoms with E-state index in [1.54, 1.807) is 59.0 Å². The number of aliphatic hydroxyl groups excluding tert-OH is 1. The average Bonchev–Trinajstić information content (AvgIpc) is 3.11. The molecule has 0 saturated heterocycles. The number of phenols is 3. The van der Waals surface area contributed by atoms with Crippen molar-refractivity contribution in [3.05, 3.63) is 82.9 Å². The number of Topliss-reactive ketones (excluding diaryl/α,β-unsaturated/α-hetero) is 1. The molecule has 0 saturated carbocycles. The number of rotatable bonds is 11. The topological polar surface area (TPSA) is 141 Å². The summed E-state index contributed by atoms with van der Waals surface area (Å²) in [4.78, 5) is 13.8. The minimum absolute atomic E-state index is 0.0248. The van der Waals surface area contributed by atoms with Crippen LogP contribution in [0.5, 0.6) is 23.0 Å². The third-order valence-corrected chi connectivity index (χ3v) is 11.5. The monoisotopic (exact) mass is 734 g/mol. The molecule has 274 valence electrons. The Hall–Kier alpha value is -3.45. The summed E-state index contributed by atoms with van der Waals surface area (Å²) in [5.74, 6) is 2.39. The largest absolute Gasteiger partial charge is 0.508 e. The van der Waals surface area contributed by atoms with Crippen LogP contribution in [0.3, 0.4) is 0 Å². The highest BCUT2D eigenvalue weighted by Crippen LogP contribution is 2.45. The van der Waals surface area contributed by atoms with E-state index < -0.39 is 6.23 Å². The van der Waals surface area contributed by atoms with Crippen molar-refractivity contribution in [1.29, 1.82) is 0 Å². The second kappa shape index (κ2) is 19.4. The van der Waals surface area contributed by atoms with Crippen molar-refractivity contribution in [1.82, 2.24) is 10.6 Å². The summed E-state index contributed by atoms with van der Waals surface area (Å²) >= 11 is 0. The van der Waals surface area contributed by atoms with Crippen LogP contribution in [0.15, 0.2) is 60.7 Å². The maximum Gasteiger partial charge on any atom is 0.168 e. The molecule has 0 aliphatic carbocycles. The summed E-state index contributed by atoms with van der Waals surface area (Å²) in [6.07, 6.45) is 4.05. The summed E-state index contributed by atoms with van der Waals surface area (Å²) in [5, 5.41) is 49.8. The molecule has 6 N–H and O–H groups in total. The number of ketones is 1. The van der Waals surface area contributed by atoms with Crippen LogP contribution in [0.2, 0.25) is 0 Å². The molecule has 1 aliphatic heterocycles. The van der Waals surface area contributed by atoms with E-state index in [-0.39, 0.29) is 48.6 Å². The summed E-state index contributed by atoms with van der Waals surface area (Å²) in [7, 11) is 6.96. The van der Waals surface area contributed by atoms with E-state index in [0.717, 1.165) is 69.2 Å². The van der Waals surface area contributed by atoms with Gasteiger partial charge in [0.2, 0.25) is 0 Å². The quantitative estimate of drug-likeness (QED) is 0.0512. The number of aliphatic hydroxyl groups is 1. The Bertz CT molecular complexity index is 1770. The second-order valence-electron chi connectivity index (χ2n) is 13.0. The van der Waals surface area contributed by atoms with E-state index in [1.165, 1.54) is 0 Å². The minimum atomic E-state index is -0.543. The number of methoxy groups -OCH3 is 1. The molecule has 2 atom stereocenters. The van der Waals surface area contributed by atoms with Gasteiger partial charge >= 0.3 is 0 Å². The number of phenolic OH excluding ortho intramolecular Hbond substituents is 3. The van der Waals surface area contributed by atoms with Gasteiger partial charge in [-0.25, -0.2) is 0 Å². The number of ether oxygens (including phenoxy) is 2. The standard InChI is InChI=1S/C40H50N2O7S2/c1-41-24-26-19-29(21-32(46)20-26)40(42-16-4-5-17-43)49-33-7-3-6-18-50-51-25-36-34(14-10-27-8-12-31(45)23-35(27)36)38-28(9-13-30(44)22-33)11-15-37(47)39(38)48-2/h8,10-12,14-15,19-21,23,33,40-43,45-47H,3-7,9,13,16-18,22,24-25H2,1-2H3/t33-,40+/m1/s1. The molecule has 1 heterocycles. The van der Waals surface area contributed by atoms with E-state index in [9.17, 15) is 25.2 Å². The molecule has 51 heavy (non-hydrogen) atoms. The minimum Gasteiger partial charge on any atom is -0.508 e. The average molecular weight is 735 g/mol. The predicted molar refractivity (Wildman–Crippen MR) is 208 cm³/mol. The maximum absolute atomic E-state index is 13.8. The number of aromatic hydroxyl groups is 3. The van der Waals surface area contributed by atoms with Crippen molar-refractivity contribution in [2.24, 2.45) is 0 Å². The van der Waals surface area contributed by atoms with Crippen LogP contribution in [0, 0.1) is 0 Å². The highest BCUT2D eigenvalue weighted by molar-refractivity contribution is 8.76. The molecule has 11 heteroatoms. The fourth-order valence-corrected chi connectivity index (χ4v) is 8.95. The summed E-state index contributed by atoms with van der Waals surface area (Å²) < 4.78 is 12.5. The van der Waals surface area contributed by atoms with E-state index in [1.807, 2.05) is 37.4 Å². The molecule has 0 unspecified atom stereocenters. The molecule has 5 rings (SSSR count). The Labute approximate surface area is 308 Å². The van der Waals surface area contributed by atoms with Crippen molar-refractivity contribution < 1.29 is 34.7 Å². The fourth-order valence-electron chi connectivity index (χ4n) is 6.69. The van der Waals surface area contributed by atoms with Crippen LogP contribution in [0.1, 0.15) is 73.4 Å². The number of unbranched alkanes of at least 4 members (excludes halogenated alkanes) is 1. The highest BCUT2D eigenvalue weighted by atomic mass is 33.1. The SMILES string of the molecule is CNCc1cc(O)cc([C@@H](NCCCCO)O[C@@H]2CCCCSSCc3c(ccc4ccc(O)cc34)-c3c(ccc(O)c3OC)CCC(=O)C2)c1. The van der Waals surface area contributed by atoms with Crippen molar-refractivity contribution >= 4 is 38.1 Å². The van der Waals surface area contributed by atoms with Crippen LogP contribution in [0.25, 0.3) is 21.9 Å². The van der Waals surface area contributed by atoms with Crippen molar-refractivity contribution in [3.8, 4) is 34.1 Å². The Kier molecular flexibility index (Phi) is 14.8. The molecule has 0 bridgehead atoms. The number of aryl methyl sites for hydroxylation is 1. The number of benzene rings is 4. The second-order valence-corrected chi connectivity index (χ2v) is 15.5. The fraction of sp³-hybridized carbons (Fsp3) is 0.425. The van der Waals surface area contributed by atoms with Gasteiger partial charge in [-0.2, -0.15) is 0 Å². The zero-order valence-corrected chi connectivity index (χ0v) is 31.1. The third-order valence-electron chi connectivity index (χ3n) is 9.16. The molecular weight excluding hydrogens is 685 g/mol. The number of fused-ring (bicyclic) bond motifs is 5. The molecule has 0 amide bonds. The highest BCUT2D eigenvalue weighted by Gasteiger charge is 2.24. The zero-order chi connectivity index (χ0) is 36.2. The van der Waals surface area contributed by atoms with Gasteiger partial charge in [-0.1, -0.05) is 58.3 Å². The van der Waals surface area contributed by atoms with Gasteiger partial charge in [0.25, 0.3) is 0 Å². The molecular formula is C40H50N2O7S2. The first-order valence-electron chi connectivity index (χ1n) is 17.7. The maximum atomic E-state index is 13.8. The first-order valence-corrected chi connectivity index (χ1v) is 20.2. The van der Waals surface area contributed by atoms with Gasteiger partial charge in [-0.3, -0.25) is 10.1 Å². The van der Waals surface area contributed by atoms with Gasteiger partial charge in [0, 0.05) is 43.1 Å². The van der Waals surface area contributed by atoms with Crippen LogP contribution >= 0.6 is 21.6 Å². The molecule has 4 aromatic carbocycles. The lowest BCUT2D eigenvalue weighted by Gasteiger charge is -2.27. The number of nitrogens with one attached hydrogen (secondary N) is 2. The molecule has 0 aromatic heterocycles. The van der Waals surface area contributed by atoms with Gasteiger partial charge in [0.15, 0.2) is 11.5 Å². The lowest BCUT2D eigenvalue weighted by atomic mass is 9.89. The number of carbonyl (C=O) groups is 1. The molecule has 0 fully saturated rings. The van der Waals surface area contributed by atoms with Gasteiger partial charge in [0.1, 0.15) is 23.5 Å². The van der Waals surface area contributed by atoms with E-state index in [4.69, 9.17) is 9.47 Å². The first kappa shape index (κ1) is 38.8. The smallest absolute Gasteiger partial charge is 0.168 e. The Morgan fingerprint density at radius 2 is 1.78 bits per heavy atom. The van der Waals surface area contributed by atoms with Crippen molar-refractivity contribution in [2.75, 3.05) is 33.1 Å². The summed E-state index contributed by atoms with van der Waals surface area (Å²) in [5.41, 5.74) is 5.30. The van der Waals surface area contributed by atoms with Crippen molar-refractivity contribution in [3.63, 3.8) is 0 Å². The van der Waals surface area contributed by atoms with E-state index in [0.29, 0.717) is 43.9 Å².